The van der Waals surface area contributed by atoms with Crippen molar-refractivity contribution in [2.75, 3.05) is 11.1 Å². The molecule has 1 aromatic heterocycles. The average molecular weight is 290 g/mol. The van der Waals surface area contributed by atoms with Crippen LogP contribution in [0.2, 0.25) is 0 Å². The molecule has 0 aliphatic carbocycles. The highest BCUT2D eigenvalue weighted by molar-refractivity contribution is 8.03. The first-order valence-electron chi connectivity index (χ1n) is 5.29. The first kappa shape index (κ1) is 13.4. The normalized spacial score (nSPS) is 9.89. The summed E-state index contributed by atoms with van der Waals surface area (Å²) in [5, 5.41) is 15.6. The van der Waals surface area contributed by atoms with E-state index in [1.807, 2.05) is 17.7 Å². The van der Waals surface area contributed by atoms with E-state index in [0.717, 1.165) is 17.5 Å². The molecule has 0 fully saturated rings. The molecule has 2 rings (SSSR count). The van der Waals surface area contributed by atoms with Gasteiger partial charge >= 0.3 is 0 Å². The molecule has 0 atom stereocenters. The standard InChI is InChI=1S/C12H10N4OS2/c1-7-5-18-12(15-7)16-11(17)9-4-8(19-6-13)2-3-10(9)14/h2-5H,14H2,1H3,(H,15,16,17). The lowest BCUT2D eigenvalue weighted by atomic mass is 10.1. The quantitative estimate of drug-likeness (QED) is 0.515. The van der Waals surface area contributed by atoms with Crippen molar-refractivity contribution in [2.45, 2.75) is 11.8 Å². The number of thiazole rings is 1. The van der Waals surface area contributed by atoms with E-state index >= 15 is 0 Å². The molecule has 0 unspecified atom stereocenters. The van der Waals surface area contributed by atoms with Crippen molar-refractivity contribution in [3.8, 4) is 5.40 Å². The third-order valence-electron chi connectivity index (χ3n) is 2.27. The van der Waals surface area contributed by atoms with Gasteiger partial charge in [0.15, 0.2) is 5.13 Å². The second-order valence-corrected chi connectivity index (χ2v) is 5.41. The van der Waals surface area contributed by atoms with Crippen LogP contribution in [0, 0.1) is 17.6 Å². The molecular weight excluding hydrogens is 280 g/mol. The molecule has 0 bridgehead atoms. The van der Waals surface area contributed by atoms with Crippen molar-refractivity contribution >= 4 is 39.8 Å². The molecule has 2 aromatic rings. The number of nitrogens with zero attached hydrogens (tertiary/aromatic N) is 2. The average Bonchev–Trinajstić information content (AvgIpc) is 2.77. The first-order valence-corrected chi connectivity index (χ1v) is 6.98. The maximum Gasteiger partial charge on any atom is 0.259 e. The van der Waals surface area contributed by atoms with Gasteiger partial charge < -0.3 is 5.73 Å². The fourth-order valence-corrected chi connectivity index (χ4v) is 2.53. The minimum atomic E-state index is -0.327. The van der Waals surface area contributed by atoms with Crippen LogP contribution in [-0.4, -0.2) is 10.9 Å². The molecule has 1 amide bonds. The van der Waals surface area contributed by atoms with Crippen LogP contribution in [0.4, 0.5) is 10.8 Å². The zero-order chi connectivity index (χ0) is 13.8. The molecule has 0 spiro atoms. The van der Waals surface area contributed by atoms with E-state index in [2.05, 4.69) is 10.3 Å². The van der Waals surface area contributed by atoms with Gasteiger partial charge in [0.25, 0.3) is 5.91 Å². The van der Waals surface area contributed by atoms with Crippen LogP contribution in [0.15, 0.2) is 28.5 Å². The van der Waals surface area contributed by atoms with Crippen LogP contribution in [0.1, 0.15) is 16.1 Å². The number of nitrogen functional groups attached to an aromatic ring is 1. The number of hydrogen-bond donors (Lipinski definition) is 2. The summed E-state index contributed by atoms with van der Waals surface area (Å²) in [4.78, 5) is 16.9. The van der Waals surface area contributed by atoms with Crippen molar-refractivity contribution in [1.29, 1.82) is 5.26 Å². The molecule has 5 nitrogen and oxygen atoms in total. The molecule has 19 heavy (non-hydrogen) atoms. The molecule has 0 saturated heterocycles. The summed E-state index contributed by atoms with van der Waals surface area (Å²) in [5.41, 5.74) is 7.33. The monoisotopic (exact) mass is 290 g/mol. The van der Waals surface area contributed by atoms with E-state index in [4.69, 9.17) is 11.0 Å². The molecule has 1 heterocycles. The predicted molar refractivity (Wildman–Crippen MR) is 77.1 cm³/mol. The second kappa shape index (κ2) is 5.73. The first-order chi connectivity index (χ1) is 9.10. The summed E-state index contributed by atoms with van der Waals surface area (Å²) in [6.07, 6.45) is 0. The van der Waals surface area contributed by atoms with Gasteiger partial charge in [0.2, 0.25) is 0 Å². The molecule has 0 saturated carbocycles. The molecule has 0 aliphatic rings. The van der Waals surface area contributed by atoms with Gasteiger partial charge in [-0.05, 0) is 36.9 Å². The van der Waals surface area contributed by atoms with E-state index in [1.54, 1.807) is 18.2 Å². The molecular formula is C12H10N4OS2. The number of nitrogens with one attached hydrogen (secondary N) is 1. The van der Waals surface area contributed by atoms with Gasteiger partial charge in [0.1, 0.15) is 5.40 Å². The summed E-state index contributed by atoms with van der Waals surface area (Å²) >= 11 is 2.33. The van der Waals surface area contributed by atoms with Crippen LogP contribution < -0.4 is 11.1 Å². The van der Waals surface area contributed by atoms with Gasteiger partial charge in [0.05, 0.1) is 11.3 Å². The van der Waals surface area contributed by atoms with Crippen LogP contribution in [0.5, 0.6) is 0 Å². The Morgan fingerprint density at radius 3 is 3.00 bits per heavy atom. The maximum atomic E-state index is 12.1. The molecule has 3 N–H and O–H groups in total. The number of thioether (sulfide) groups is 1. The van der Waals surface area contributed by atoms with Crippen LogP contribution in [0.25, 0.3) is 0 Å². The molecule has 0 radical (unpaired) electrons. The van der Waals surface area contributed by atoms with Gasteiger partial charge in [-0.2, -0.15) is 5.26 Å². The van der Waals surface area contributed by atoms with Gasteiger partial charge in [-0.3, -0.25) is 10.1 Å². The minimum absolute atomic E-state index is 0.327. The van der Waals surface area contributed by atoms with Crippen molar-refractivity contribution in [1.82, 2.24) is 4.98 Å². The maximum absolute atomic E-state index is 12.1. The number of benzene rings is 1. The molecule has 0 aliphatic heterocycles. The van der Waals surface area contributed by atoms with E-state index in [1.165, 1.54) is 11.3 Å². The van der Waals surface area contributed by atoms with Crippen molar-refractivity contribution in [3.63, 3.8) is 0 Å². The molecule has 96 valence electrons. The van der Waals surface area contributed by atoms with E-state index in [9.17, 15) is 4.79 Å². The third kappa shape index (κ3) is 3.24. The third-order valence-corrected chi connectivity index (χ3v) is 3.73. The highest BCUT2D eigenvalue weighted by atomic mass is 32.2. The highest BCUT2D eigenvalue weighted by Crippen LogP contribution is 2.23. The number of anilines is 2. The van der Waals surface area contributed by atoms with Crippen LogP contribution in [0.3, 0.4) is 0 Å². The summed E-state index contributed by atoms with van der Waals surface area (Å²) in [5.74, 6) is -0.327. The lowest BCUT2D eigenvalue weighted by Gasteiger charge is -2.06. The van der Waals surface area contributed by atoms with Crippen molar-refractivity contribution in [2.24, 2.45) is 0 Å². The smallest absolute Gasteiger partial charge is 0.259 e. The van der Waals surface area contributed by atoms with Gasteiger partial charge in [0, 0.05) is 16.0 Å². The molecule has 7 heteroatoms. The summed E-state index contributed by atoms with van der Waals surface area (Å²) in [7, 11) is 0. The number of hydrogen-bond acceptors (Lipinski definition) is 6. The van der Waals surface area contributed by atoms with E-state index in [-0.39, 0.29) is 5.91 Å². The van der Waals surface area contributed by atoms with Gasteiger partial charge in [-0.25, -0.2) is 4.98 Å². The highest BCUT2D eigenvalue weighted by Gasteiger charge is 2.12. The van der Waals surface area contributed by atoms with Crippen LogP contribution >= 0.6 is 23.1 Å². The Morgan fingerprint density at radius 1 is 1.58 bits per heavy atom. The zero-order valence-electron chi connectivity index (χ0n) is 10.0. The number of amides is 1. The Hall–Kier alpha value is -2.04. The van der Waals surface area contributed by atoms with Gasteiger partial charge in [-0.15, -0.1) is 11.3 Å². The predicted octanol–water partition coefficient (Wildman–Crippen LogP) is 2.86. The number of nitrogens with two attached hydrogens (primary N) is 1. The second-order valence-electron chi connectivity index (χ2n) is 3.69. The van der Waals surface area contributed by atoms with Crippen LogP contribution in [-0.2, 0) is 0 Å². The SMILES string of the molecule is Cc1csc(NC(=O)c2cc(SC#N)ccc2N)n1. The van der Waals surface area contributed by atoms with Crippen molar-refractivity contribution < 1.29 is 4.79 Å². The number of rotatable bonds is 3. The lowest BCUT2D eigenvalue weighted by Crippen LogP contribution is -2.14. The number of carbonyl (C=O) groups is 1. The van der Waals surface area contributed by atoms with E-state index < -0.39 is 0 Å². The Bertz CT molecular complexity index is 660. The number of nitriles is 1. The summed E-state index contributed by atoms with van der Waals surface area (Å²) < 4.78 is 0. The fourth-order valence-electron chi connectivity index (χ4n) is 1.42. The van der Waals surface area contributed by atoms with E-state index in [0.29, 0.717) is 21.3 Å². The topological polar surface area (TPSA) is 91.8 Å². The minimum Gasteiger partial charge on any atom is -0.398 e. The fraction of sp³-hybridized carbons (Fsp3) is 0.0833. The Morgan fingerprint density at radius 2 is 2.37 bits per heavy atom. The Labute approximate surface area is 118 Å². The molecule has 1 aromatic carbocycles. The number of thiocyanates is 1. The Kier molecular flexibility index (Phi) is 4.04. The number of aromatic nitrogens is 1. The summed E-state index contributed by atoms with van der Waals surface area (Å²) in [6, 6.07) is 4.91. The largest absolute Gasteiger partial charge is 0.398 e. The van der Waals surface area contributed by atoms with Crippen molar-refractivity contribution in [3.05, 3.63) is 34.8 Å². The lowest BCUT2D eigenvalue weighted by molar-refractivity contribution is 0.102. The Balaban J connectivity index is 2.23. The summed E-state index contributed by atoms with van der Waals surface area (Å²) in [6.45, 7) is 1.85. The van der Waals surface area contributed by atoms with Gasteiger partial charge in [-0.1, -0.05) is 0 Å². The number of aryl methyl sites for hydroxylation is 1. The number of carbonyl (C=O) groups excluding carboxylic acids is 1. The zero-order valence-corrected chi connectivity index (χ0v) is 11.6.